The molecular weight excluding hydrogens is 1670 g/mol. The number of pyridine rings is 4. The summed E-state index contributed by atoms with van der Waals surface area (Å²) in [6.07, 6.45) is 5.63. The summed E-state index contributed by atoms with van der Waals surface area (Å²) in [6, 6.07) is 120. The fourth-order valence-electron chi connectivity index (χ4n) is 17.5. The monoisotopic (exact) mass is 1730 g/mol. The lowest BCUT2D eigenvalue weighted by Crippen LogP contribution is -1.96. The zero-order valence-corrected chi connectivity index (χ0v) is 68.2. The van der Waals surface area contributed by atoms with Gasteiger partial charge in [0.05, 0.1) is 86.8 Å². The molecule has 0 aliphatic heterocycles. The number of hydrogen-bond acceptors (Lipinski definition) is 7. The summed E-state index contributed by atoms with van der Waals surface area (Å²) >= 11 is 17.4. The van der Waals surface area contributed by atoms with E-state index in [1.54, 1.807) is 6.20 Å². The molecule has 7 nitrogen and oxygen atoms in total. The minimum atomic E-state index is 0. The molecule has 15 aromatic carbocycles. The Labute approximate surface area is 702 Å². The normalized spacial score (nSPS) is 11.9. The van der Waals surface area contributed by atoms with Gasteiger partial charge in [-0.05, 0) is 160 Å². The number of para-hydroxylation sites is 3. The predicted octanol–water partition coefficient (Wildman–Crippen LogP) is 31.6. The number of fused-ring (bicyclic) bond motifs is 26. The Morgan fingerprint density at radius 1 is 0.259 bits per heavy atom. The van der Waals surface area contributed by atoms with Gasteiger partial charge in [-0.15, -0.1) is 34.0 Å². The molecule has 0 saturated heterocycles. The maximum absolute atomic E-state index is 4.93. The van der Waals surface area contributed by atoms with Crippen molar-refractivity contribution < 1.29 is 0 Å². The smallest absolute Gasteiger partial charge is 0.0966 e. The van der Waals surface area contributed by atoms with Gasteiger partial charge in [-0.25, -0.2) is 4.98 Å². The first-order valence-corrected chi connectivity index (χ1v) is 42.8. The van der Waals surface area contributed by atoms with Crippen LogP contribution in [0.3, 0.4) is 0 Å². The topological polar surface area (TPSA) is 66.3 Å². The number of halogens is 3. The van der Waals surface area contributed by atoms with Crippen molar-refractivity contribution in [3.8, 4) is 50.6 Å². The molecule has 0 spiro atoms. The van der Waals surface area contributed by atoms with E-state index < -0.39 is 0 Å². The third kappa shape index (κ3) is 11.3. The van der Waals surface area contributed by atoms with Crippen LogP contribution < -0.4 is 0 Å². The molecule has 0 aliphatic carbocycles. The second-order valence-corrected chi connectivity index (χ2v) is 34.8. The highest BCUT2D eigenvalue weighted by molar-refractivity contribution is 9.11. The highest BCUT2D eigenvalue weighted by Crippen LogP contribution is 2.51. The summed E-state index contributed by atoms with van der Waals surface area (Å²) in [7, 11) is 0. The number of aromatic nitrogens is 7. The fraction of sp³-hybridized carbons (Fsp3) is 0.00971. The third-order valence-electron chi connectivity index (χ3n) is 22.6. The fourth-order valence-corrected chi connectivity index (χ4v) is 23.6. The molecule has 0 radical (unpaired) electrons. The maximum atomic E-state index is 4.93. The van der Waals surface area contributed by atoms with Gasteiger partial charge in [0.1, 0.15) is 0 Å². The van der Waals surface area contributed by atoms with Crippen LogP contribution in [0.4, 0.5) is 0 Å². The lowest BCUT2D eigenvalue weighted by molar-refractivity contribution is 1.17. The molecule has 0 bridgehead atoms. The molecule has 0 N–H and O–H groups in total. The maximum Gasteiger partial charge on any atom is 0.0966 e. The lowest BCUT2D eigenvalue weighted by atomic mass is 9.96. The Hall–Kier alpha value is -12.6. The first-order chi connectivity index (χ1) is 56.8. The van der Waals surface area contributed by atoms with Crippen LogP contribution in [0.25, 0.3) is 220 Å². The summed E-state index contributed by atoms with van der Waals surface area (Å²) in [5.74, 6) is 0. The van der Waals surface area contributed by atoms with Gasteiger partial charge in [-0.3, -0.25) is 15.0 Å². The molecule has 116 heavy (non-hydrogen) atoms. The molecule has 0 unspecified atom stereocenters. The highest BCUT2D eigenvalue weighted by Gasteiger charge is 2.25. The SMILES string of the molecule is Brc1cc2c3ccccc3n(-c3cc(-c4ccccc4)cc(-c4ccc5ccccc5c4)c3)c2c2sc3ccccc3c12.Brc1cc2c3ccccc3n(-c3cccc(-c4ccc5ncccc5n4)c3)c2c2sc3ccccc3c12.Brc1cc2c3ccccc3n(-c3cnc4c(ccc5cccnc54)c3)c2c2sc3ccccc3c12.C. The number of thiophene rings is 3. The number of benzene rings is 15. The third-order valence-corrected chi connectivity index (χ3v) is 28.0. The molecule has 10 heterocycles. The van der Waals surface area contributed by atoms with Gasteiger partial charge in [-0.1, -0.05) is 261 Å². The Kier molecular flexibility index (Phi) is 17.0. The second kappa shape index (κ2) is 28.2. The van der Waals surface area contributed by atoms with Crippen LogP contribution in [0.15, 0.2) is 366 Å². The standard InChI is InChI=1S/C40H24BrNS.C32H18BrN3S.C30H16BrN3S.CH4/c41-35-24-34-32-14-6-8-16-36(32)42(39(34)40-38(35)33-15-7-9-17-37(33)43-40)31-22-29(25-10-2-1-3-11-25)21-30(23-31)28-19-18-26-12-4-5-13-27(26)20-28;33-24-18-23-21-9-1-3-12-28(21)36(31(23)32-30(24)22-10-2-4-13-29(22)37-32)20-8-5-7-19(17-20)25-14-15-26-27(35-25)11-6-16-34-26;31-23-15-22-20-7-1-3-9-24(20)34(29(22)30-26(23)21-8-2-4-10-25(21)35-30)19-14-18-12-11-17-6-5-13-32-27(17)28(18)33-16-19;/h1-24H;1-18H;1-16H;1H4. The lowest BCUT2D eigenvalue weighted by Gasteiger charge is -2.15. The van der Waals surface area contributed by atoms with Gasteiger partial charge in [0, 0.05) is 132 Å². The van der Waals surface area contributed by atoms with E-state index in [0.717, 1.165) is 74.6 Å². The van der Waals surface area contributed by atoms with Crippen molar-refractivity contribution in [3.63, 3.8) is 0 Å². The zero-order chi connectivity index (χ0) is 76.1. The van der Waals surface area contributed by atoms with Gasteiger partial charge in [0.15, 0.2) is 0 Å². The van der Waals surface area contributed by atoms with Gasteiger partial charge in [-0.2, -0.15) is 0 Å². The van der Waals surface area contributed by atoms with E-state index in [1.165, 1.54) is 159 Å². The van der Waals surface area contributed by atoms with E-state index >= 15 is 0 Å². The van der Waals surface area contributed by atoms with Crippen molar-refractivity contribution in [2.24, 2.45) is 0 Å². The molecule has 10 aromatic heterocycles. The summed E-state index contributed by atoms with van der Waals surface area (Å²) in [5, 5.41) is 19.9. The second-order valence-electron chi connectivity index (χ2n) is 29.1. The van der Waals surface area contributed by atoms with Crippen LogP contribution in [-0.4, -0.2) is 33.6 Å². The molecule has 0 saturated carbocycles. The molecule has 0 aliphatic rings. The van der Waals surface area contributed by atoms with Gasteiger partial charge in [0.2, 0.25) is 0 Å². The van der Waals surface area contributed by atoms with Crippen molar-refractivity contribution in [1.82, 2.24) is 33.6 Å². The molecule has 0 fully saturated rings. The molecule has 25 aromatic rings. The largest absolute Gasteiger partial charge is 0.308 e. The predicted molar refractivity (Wildman–Crippen MR) is 508 cm³/mol. The summed E-state index contributed by atoms with van der Waals surface area (Å²) < 4.78 is 18.5. The first-order valence-electron chi connectivity index (χ1n) is 38.0. The van der Waals surface area contributed by atoms with E-state index in [9.17, 15) is 0 Å². The van der Waals surface area contributed by atoms with E-state index in [-0.39, 0.29) is 7.43 Å². The van der Waals surface area contributed by atoms with Crippen molar-refractivity contribution >= 4 is 251 Å². The van der Waals surface area contributed by atoms with E-state index in [0.29, 0.717) is 0 Å². The van der Waals surface area contributed by atoms with Crippen molar-refractivity contribution in [2.45, 2.75) is 7.43 Å². The van der Waals surface area contributed by atoms with Crippen molar-refractivity contribution in [1.29, 1.82) is 0 Å². The summed E-state index contributed by atoms with van der Waals surface area (Å²) in [5.41, 5.74) is 21.2. The van der Waals surface area contributed by atoms with Crippen molar-refractivity contribution in [3.05, 3.63) is 366 Å². The quantitative estimate of drug-likeness (QED) is 0.156. The van der Waals surface area contributed by atoms with Gasteiger partial charge in [0.25, 0.3) is 0 Å². The van der Waals surface area contributed by atoms with E-state index in [2.05, 4.69) is 381 Å². The van der Waals surface area contributed by atoms with Crippen LogP contribution in [0.2, 0.25) is 0 Å². The van der Waals surface area contributed by atoms with Gasteiger partial charge < -0.3 is 13.7 Å². The summed E-state index contributed by atoms with van der Waals surface area (Å²) in [4.78, 5) is 18.9. The Morgan fingerprint density at radius 3 is 1.30 bits per heavy atom. The minimum Gasteiger partial charge on any atom is -0.308 e. The number of rotatable bonds is 6. The molecule has 13 heteroatoms. The van der Waals surface area contributed by atoms with E-state index in [1.807, 2.05) is 70.7 Å². The van der Waals surface area contributed by atoms with Crippen LogP contribution in [0, 0.1) is 0 Å². The molecule has 0 amide bonds. The van der Waals surface area contributed by atoms with Crippen LogP contribution >= 0.6 is 81.8 Å². The van der Waals surface area contributed by atoms with Crippen LogP contribution in [0.1, 0.15) is 7.43 Å². The van der Waals surface area contributed by atoms with Gasteiger partial charge >= 0.3 is 0 Å². The average Bonchev–Trinajstić information content (AvgIpc) is 1.56. The number of hydrogen-bond donors (Lipinski definition) is 0. The Morgan fingerprint density at radius 2 is 0.707 bits per heavy atom. The molecular formula is C103H62Br3N7S3. The molecule has 25 rings (SSSR count). The number of nitrogens with zero attached hydrogens (tertiary/aromatic N) is 7. The van der Waals surface area contributed by atoms with Crippen molar-refractivity contribution in [2.75, 3.05) is 0 Å². The summed E-state index contributed by atoms with van der Waals surface area (Å²) in [6.45, 7) is 0. The first kappa shape index (κ1) is 70.1. The molecule has 0 atom stereocenters. The van der Waals surface area contributed by atoms with E-state index in [4.69, 9.17) is 9.97 Å². The van der Waals surface area contributed by atoms with Crippen LogP contribution in [-0.2, 0) is 0 Å². The zero-order valence-electron chi connectivity index (χ0n) is 61.0. The highest BCUT2D eigenvalue weighted by atomic mass is 79.9. The average molecular weight is 1730 g/mol. The Balaban J connectivity index is 0.000000106. The Bertz CT molecular complexity index is 8380. The van der Waals surface area contributed by atoms with Crippen LogP contribution in [0.5, 0.6) is 0 Å². The molecule has 548 valence electrons. The minimum absolute atomic E-state index is 0.